The SMILES string of the molecule is CC(=O)C(CN1CCC(F)CC1)c1ccc(Cl)cc1. The van der Waals surface area contributed by atoms with E-state index in [0.29, 0.717) is 24.4 Å². The second-order valence-electron chi connectivity index (χ2n) is 5.19. The molecule has 0 amide bonds. The molecule has 19 heavy (non-hydrogen) atoms. The number of hydrogen-bond donors (Lipinski definition) is 0. The summed E-state index contributed by atoms with van der Waals surface area (Å²) in [5.41, 5.74) is 0.985. The van der Waals surface area contributed by atoms with Gasteiger partial charge in [-0.15, -0.1) is 0 Å². The first kappa shape index (κ1) is 14.5. The van der Waals surface area contributed by atoms with Gasteiger partial charge >= 0.3 is 0 Å². The van der Waals surface area contributed by atoms with Gasteiger partial charge in [0.25, 0.3) is 0 Å². The summed E-state index contributed by atoms with van der Waals surface area (Å²) in [5, 5.41) is 0.671. The molecule has 0 saturated carbocycles. The lowest BCUT2D eigenvalue weighted by Gasteiger charge is -2.31. The van der Waals surface area contributed by atoms with Crippen molar-refractivity contribution in [3.8, 4) is 0 Å². The van der Waals surface area contributed by atoms with Gasteiger partial charge in [-0.25, -0.2) is 4.39 Å². The highest BCUT2D eigenvalue weighted by Crippen LogP contribution is 2.23. The molecule has 1 saturated heterocycles. The fourth-order valence-corrected chi connectivity index (χ4v) is 2.63. The number of Topliss-reactive ketones (excluding diaryl/α,β-unsaturated/α-hetero) is 1. The van der Waals surface area contributed by atoms with Crippen LogP contribution in [0.2, 0.25) is 5.02 Å². The van der Waals surface area contributed by atoms with E-state index >= 15 is 0 Å². The third kappa shape index (κ3) is 4.02. The molecule has 2 nitrogen and oxygen atoms in total. The van der Waals surface area contributed by atoms with Crippen LogP contribution in [0.15, 0.2) is 24.3 Å². The van der Waals surface area contributed by atoms with Gasteiger partial charge in [0, 0.05) is 24.7 Å². The Balaban J connectivity index is 2.04. The third-order valence-electron chi connectivity index (χ3n) is 3.72. The molecule has 1 heterocycles. The molecule has 1 fully saturated rings. The van der Waals surface area contributed by atoms with Gasteiger partial charge < -0.3 is 4.90 Å². The van der Waals surface area contributed by atoms with E-state index in [2.05, 4.69) is 4.90 Å². The summed E-state index contributed by atoms with van der Waals surface area (Å²) in [6.07, 6.45) is 0.471. The number of ketones is 1. The molecule has 1 aliphatic heterocycles. The number of rotatable bonds is 4. The van der Waals surface area contributed by atoms with Crippen LogP contribution in [0.5, 0.6) is 0 Å². The molecule has 1 aromatic carbocycles. The number of nitrogens with zero attached hydrogens (tertiary/aromatic N) is 1. The number of halogens is 2. The smallest absolute Gasteiger partial charge is 0.138 e. The molecule has 104 valence electrons. The summed E-state index contributed by atoms with van der Waals surface area (Å²) >= 11 is 5.87. The van der Waals surface area contributed by atoms with Gasteiger partial charge in [0.2, 0.25) is 0 Å². The number of carbonyl (C=O) groups is 1. The Morgan fingerprint density at radius 1 is 1.37 bits per heavy atom. The van der Waals surface area contributed by atoms with Crippen LogP contribution in [0.25, 0.3) is 0 Å². The Labute approximate surface area is 118 Å². The molecule has 0 radical (unpaired) electrons. The molecule has 4 heteroatoms. The molecule has 0 N–H and O–H groups in total. The Morgan fingerprint density at radius 3 is 2.47 bits per heavy atom. The summed E-state index contributed by atoms with van der Waals surface area (Å²) < 4.78 is 13.1. The summed E-state index contributed by atoms with van der Waals surface area (Å²) in [5.74, 6) is -0.00174. The number of piperidine rings is 1. The van der Waals surface area contributed by atoms with Crippen molar-refractivity contribution in [3.05, 3.63) is 34.9 Å². The van der Waals surface area contributed by atoms with E-state index in [1.807, 2.05) is 12.1 Å². The second kappa shape index (κ2) is 6.49. The van der Waals surface area contributed by atoms with Gasteiger partial charge in [-0.3, -0.25) is 4.79 Å². The van der Waals surface area contributed by atoms with Crippen molar-refractivity contribution in [1.82, 2.24) is 4.90 Å². The molecule has 0 aromatic heterocycles. The lowest BCUT2D eigenvalue weighted by molar-refractivity contribution is -0.118. The molecule has 1 atom stereocenters. The van der Waals surface area contributed by atoms with Crippen LogP contribution < -0.4 is 0 Å². The maximum atomic E-state index is 13.1. The number of likely N-dealkylation sites (tertiary alicyclic amines) is 1. The molecule has 2 rings (SSSR count). The van der Waals surface area contributed by atoms with Crippen LogP contribution >= 0.6 is 11.6 Å². The summed E-state index contributed by atoms with van der Waals surface area (Å²) in [7, 11) is 0. The lowest BCUT2D eigenvalue weighted by atomic mass is 9.94. The number of alkyl halides is 1. The van der Waals surface area contributed by atoms with E-state index in [4.69, 9.17) is 11.6 Å². The first-order valence-electron chi connectivity index (χ1n) is 6.68. The topological polar surface area (TPSA) is 20.3 Å². The average molecular weight is 284 g/mol. The van der Waals surface area contributed by atoms with Crippen LogP contribution in [-0.4, -0.2) is 36.5 Å². The first-order valence-corrected chi connectivity index (χ1v) is 7.06. The van der Waals surface area contributed by atoms with Gasteiger partial charge in [0.1, 0.15) is 12.0 Å². The second-order valence-corrected chi connectivity index (χ2v) is 5.63. The fourth-order valence-electron chi connectivity index (χ4n) is 2.51. The molecule has 1 unspecified atom stereocenters. The minimum Gasteiger partial charge on any atom is -0.302 e. The van der Waals surface area contributed by atoms with Crippen molar-refractivity contribution >= 4 is 17.4 Å². The van der Waals surface area contributed by atoms with Gasteiger partial charge in [-0.1, -0.05) is 23.7 Å². The van der Waals surface area contributed by atoms with E-state index in [-0.39, 0.29) is 11.7 Å². The predicted molar refractivity (Wildman–Crippen MR) is 75.4 cm³/mol. The molecular weight excluding hydrogens is 265 g/mol. The van der Waals surface area contributed by atoms with Gasteiger partial charge in [0.05, 0.1) is 5.92 Å². The van der Waals surface area contributed by atoms with E-state index in [1.54, 1.807) is 19.1 Å². The minimum absolute atomic E-state index is 0.143. The van der Waals surface area contributed by atoms with Crippen LogP contribution in [0.4, 0.5) is 4.39 Å². The van der Waals surface area contributed by atoms with Crippen LogP contribution in [0.1, 0.15) is 31.2 Å². The Kier molecular flexibility index (Phi) is 4.94. The summed E-state index contributed by atoms with van der Waals surface area (Å²) in [4.78, 5) is 14.0. The van der Waals surface area contributed by atoms with Crippen LogP contribution in [0.3, 0.4) is 0 Å². The van der Waals surface area contributed by atoms with Crippen LogP contribution in [-0.2, 0) is 4.79 Å². The number of carbonyl (C=O) groups excluding carboxylic acids is 1. The van der Waals surface area contributed by atoms with Crippen LogP contribution in [0, 0.1) is 0 Å². The van der Waals surface area contributed by atoms with Crippen molar-refractivity contribution < 1.29 is 9.18 Å². The molecule has 1 aliphatic rings. The Morgan fingerprint density at radius 2 is 1.95 bits per heavy atom. The molecule has 0 bridgehead atoms. The summed E-state index contributed by atoms with van der Waals surface area (Å²) in [6, 6.07) is 7.41. The monoisotopic (exact) mass is 283 g/mol. The Bertz CT molecular complexity index is 426. The van der Waals surface area contributed by atoms with Crippen molar-refractivity contribution in [1.29, 1.82) is 0 Å². The standard InChI is InChI=1S/C15H19ClFNO/c1-11(19)15(12-2-4-13(16)5-3-12)10-18-8-6-14(17)7-9-18/h2-5,14-15H,6-10H2,1H3. The minimum atomic E-state index is -0.678. The van der Waals surface area contributed by atoms with E-state index in [1.165, 1.54) is 0 Å². The van der Waals surface area contributed by atoms with E-state index in [0.717, 1.165) is 18.7 Å². The highest BCUT2D eigenvalue weighted by atomic mass is 35.5. The molecular formula is C15H19ClFNO. The van der Waals surface area contributed by atoms with Gasteiger partial charge in [0.15, 0.2) is 0 Å². The molecule has 0 spiro atoms. The quantitative estimate of drug-likeness (QED) is 0.844. The summed E-state index contributed by atoms with van der Waals surface area (Å²) in [6.45, 7) is 3.75. The van der Waals surface area contributed by atoms with Crippen molar-refractivity contribution in [2.75, 3.05) is 19.6 Å². The number of benzene rings is 1. The average Bonchev–Trinajstić information content (AvgIpc) is 2.39. The highest BCUT2D eigenvalue weighted by molar-refractivity contribution is 6.30. The first-order chi connectivity index (χ1) is 9.06. The van der Waals surface area contributed by atoms with Crippen molar-refractivity contribution in [3.63, 3.8) is 0 Å². The maximum Gasteiger partial charge on any atom is 0.138 e. The van der Waals surface area contributed by atoms with Crippen molar-refractivity contribution in [2.24, 2.45) is 0 Å². The lowest BCUT2D eigenvalue weighted by Crippen LogP contribution is -2.38. The zero-order valence-electron chi connectivity index (χ0n) is 11.1. The number of hydrogen-bond acceptors (Lipinski definition) is 2. The van der Waals surface area contributed by atoms with Gasteiger partial charge in [-0.05, 0) is 37.5 Å². The zero-order chi connectivity index (χ0) is 13.8. The molecule has 0 aliphatic carbocycles. The fraction of sp³-hybridized carbons (Fsp3) is 0.533. The Hall–Kier alpha value is -0.930. The van der Waals surface area contributed by atoms with Gasteiger partial charge in [-0.2, -0.15) is 0 Å². The highest BCUT2D eigenvalue weighted by Gasteiger charge is 2.24. The predicted octanol–water partition coefficient (Wildman–Crippen LogP) is 3.45. The maximum absolute atomic E-state index is 13.1. The van der Waals surface area contributed by atoms with Crippen molar-refractivity contribution in [2.45, 2.75) is 31.9 Å². The van der Waals surface area contributed by atoms with E-state index in [9.17, 15) is 9.18 Å². The molecule has 1 aromatic rings. The van der Waals surface area contributed by atoms with E-state index < -0.39 is 6.17 Å². The third-order valence-corrected chi connectivity index (χ3v) is 3.97. The normalized spacial score (nSPS) is 19.3. The zero-order valence-corrected chi connectivity index (χ0v) is 11.9. The largest absolute Gasteiger partial charge is 0.302 e.